The lowest BCUT2D eigenvalue weighted by atomic mass is 9.95. The zero-order valence-electron chi connectivity index (χ0n) is 23.6. The van der Waals surface area contributed by atoms with Crippen molar-refractivity contribution in [1.82, 2.24) is 10.2 Å². The van der Waals surface area contributed by atoms with Crippen LogP contribution in [-0.2, 0) is 26.2 Å². The number of nitrogens with zero attached hydrogens (tertiary/aromatic N) is 2. The number of benzene rings is 2. The Bertz CT molecular complexity index is 1240. The van der Waals surface area contributed by atoms with E-state index < -0.39 is 16.1 Å². The fourth-order valence-corrected chi connectivity index (χ4v) is 6.47. The van der Waals surface area contributed by atoms with Crippen molar-refractivity contribution in [3.05, 3.63) is 64.2 Å². The molecule has 7 nitrogen and oxygen atoms in total. The van der Waals surface area contributed by atoms with E-state index in [0.29, 0.717) is 23.6 Å². The fourth-order valence-electron chi connectivity index (χ4n) is 5.26. The van der Waals surface area contributed by atoms with Crippen LogP contribution >= 0.6 is 11.6 Å². The van der Waals surface area contributed by atoms with Gasteiger partial charge in [0, 0.05) is 30.6 Å². The number of amides is 2. The fraction of sp³-hybridized carbons (Fsp3) is 0.533. The lowest BCUT2D eigenvalue weighted by Crippen LogP contribution is -2.51. The molecule has 3 rings (SSSR count). The molecule has 1 aliphatic carbocycles. The van der Waals surface area contributed by atoms with E-state index in [2.05, 4.69) is 5.32 Å². The minimum absolute atomic E-state index is 0.106. The monoisotopic (exact) mass is 575 g/mol. The van der Waals surface area contributed by atoms with E-state index in [1.165, 1.54) is 17.0 Å². The second-order valence-corrected chi connectivity index (χ2v) is 12.9. The van der Waals surface area contributed by atoms with Crippen LogP contribution in [-0.4, -0.2) is 50.0 Å². The van der Waals surface area contributed by atoms with Crippen LogP contribution in [0.1, 0.15) is 75.0 Å². The lowest BCUT2D eigenvalue weighted by molar-refractivity contribution is -0.141. The summed E-state index contributed by atoms with van der Waals surface area (Å²) in [6, 6.07) is 12.4. The molecule has 0 aromatic heterocycles. The molecule has 0 radical (unpaired) electrons. The number of rotatable bonds is 12. The first-order valence-corrected chi connectivity index (χ1v) is 16.1. The highest BCUT2D eigenvalue weighted by Gasteiger charge is 2.31. The van der Waals surface area contributed by atoms with Crippen LogP contribution in [0.2, 0.25) is 5.02 Å². The number of nitrogens with one attached hydrogen (secondary N) is 1. The van der Waals surface area contributed by atoms with E-state index in [1.807, 2.05) is 51.1 Å². The minimum Gasteiger partial charge on any atom is -0.352 e. The Hall–Kier alpha value is -2.58. The molecule has 214 valence electrons. The van der Waals surface area contributed by atoms with Crippen LogP contribution in [0, 0.1) is 13.8 Å². The van der Waals surface area contributed by atoms with Gasteiger partial charge in [-0.3, -0.25) is 13.9 Å². The normalized spacial score (nSPS) is 15.0. The van der Waals surface area contributed by atoms with E-state index >= 15 is 0 Å². The summed E-state index contributed by atoms with van der Waals surface area (Å²) in [5.74, 6) is -0.340. The molecule has 39 heavy (non-hydrogen) atoms. The van der Waals surface area contributed by atoms with Crippen molar-refractivity contribution in [1.29, 1.82) is 0 Å². The average Bonchev–Trinajstić information content (AvgIpc) is 2.89. The first-order chi connectivity index (χ1) is 18.5. The summed E-state index contributed by atoms with van der Waals surface area (Å²) in [6.45, 7) is 6.13. The third-order valence-corrected chi connectivity index (χ3v) is 9.18. The molecule has 1 fully saturated rings. The first-order valence-electron chi connectivity index (χ1n) is 13.9. The third kappa shape index (κ3) is 8.45. The maximum absolute atomic E-state index is 13.7. The summed E-state index contributed by atoms with van der Waals surface area (Å²) in [6.07, 6.45) is 7.37. The molecule has 0 saturated heterocycles. The summed E-state index contributed by atoms with van der Waals surface area (Å²) < 4.78 is 26.7. The van der Waals surface area contributed by atoms with Gasteiger partial charge in [0.1, 0.15) is 6.04 Å². The number of hydrogen-bond donors (Lipinski definition) is 1. The molecule has 0 aliphatic heterocycles. The van der Waals surface area contributed by atoms with Gasteiger partial charge in [-0.2, -0.15) is 0 Å². The van der Waals surface area contributed by atoms with Crippen molar-refractivity contribution >= 4 is 39.1 Å². The first kappa shape index (κ1) is 31.0. The van der Waals surface area contributed by atoms with Gasteiger partial charge < -0.3 is 10.2 Å². The van der Waals surface area contributed by atoms with Gasteiger partial charge in [-0.15, -0.1) is 0 Å². The van der Waals surface area contributed by atoms with Crippen LogP contribution < -0.4 is 9.62 Å². The summed E-state index contributed by atoms with van der Waals surface area (Å²) in [5, 5.41) is 3.72. The highest BCUT2D eigenvalue weighted by molar-refractivity contribution is 7.92. The summed E-state index contributed by atoms with van der Waals surface area (Å²) in [7, 11) is -3.55. The molecule has 1 unspecified atom stereocenters. The molecule has 2 amide bonds. The van der Waals surface area contributed by atoms with Gasteiger partial charge in [0.25, 0.3) is 0 Å². The van der Waals surface area contributed by atoms with Gasteiger partial charge in [-0.05, 0) is 68.4 Å². The lowest BCUT2D eigenvalue weighted by Gasteiger charge is -2.33. The van der Waals surface area contributed by atoms with Crippen molar-refractivity contribution in [3.8, 4) is 0 Å². The van der Waals surface area contributed by atoms with E-state index in [-0.39, 0.29) is 37.4 Å². The number of aryl methyl sites for hydroxylation is 1. The number of anilines is 1. The molecule has 0 spiro atoms. The molecule has 2 aromatic rings. The SMILES string of the molecule is CCC(C(=O)NC1CCCCC1)N(Cc1ccccc1Cl)C(=O)CCCN(c1cccc(C)c1C)S(C)(=O)=O. The van der Waals surface area contributed by atoms with Crippen molar-refractivity contribution in [3.63, 3.8) is 0 Å². The Labute approximate surface area is 239 Å². The maximum Gasteiger partial charge on any atom is 0.243 e. The van der Waals surface area contributed by atoms with Crippen molar-refractivity contribution in [2.45, 2.75) is 90.8 Å². The molecule has 1 atom stereocenters. The Morgan fingerprint density at radius 1 is 1.05 bits per heavy atom. The summed E-state index contributed by atoms with van der Waals surface area (Å²) in [5.41, 5.74) is 3.28. The van der Waals surface area contributed by atoms with Crippen molar-refractivity contribution in [2.75, 3.05) is 17.1 Å². The largest absolute Gasteiger partial charge is 0.352 e. The van der Waals surface area contributed by atoms with Gasteiger partial charge >= 0.3 is 0 Å². The van der Waals surface area contributed by atoms with Gasteiger partial charge in [0.15, 0.2) is 0 Å². The van der Waals surface area contributed by atoms with E-state index in [1.54, 1.807) is 17.0 Å². The van der Waals surface area contributed by atoms with Crippen LogP contribution in [0.4, 0.5) is 5.69 Å². The second-order valence-electron chi connectivity index (χ2n) is 10.5. The molecule has 2 aromatic carbocycles. The Morgan fingerprint density at radius 3 is 2.38 bits per heavy atom. The molecular weight excluding hydrogens is 534 g/mol. The predicted molar refractivity (Wildman–Crippen MR) is 158 cm³/mol. The van der Waals surface area contributed by atoms with Crippen LogP contribution in [0.25, 0.3) is 0 Å². The third-order valence-electron chi connectivity index (χ3n) is 7.63. The van der Waals surface area contributed by atoms with E-state index in [9.17, 15) is 18.0 Å². The van der Waals surface area contributed by atoms with Gasteiger partial charge in [0.05, 0.1) is 11.9 Å². The van der Waals surface area contributed by atoms with E-state index in [4.69, 9.17) is 11.6 Å². The van der Waals surface area contributed by atoms with Crippen molar-refractivity contribution in [2.24, 2.45) is 0 Å². The molecule has 1 N–H and O–H groups in total. The van der Waals surface area contributed by atoms with Crippen LogP contribution in [0.3, 0.4) is 0 Å². The number of carbonyl (C=O) groups excluding carboxylic acids is 2. The van der Waals surface area contributed by atoms with Crippen molar-refractivity contribution < 1.29 is 18.0 Å². The highest BCUT2D eigenvalue weighted by Crippen LogP contribution is 2.26. The Kier molecular flexibility index (Phi) is 11.2. The Balaban J connectivity index is 1.79. The van der Waals surface area contributed by atoms with Crippen LogP contribution in [0.15, 0.2) is 42.5 Å². The molecule has 1 aliphatic rings. The number of sulfonamides is 1. The standard InChI is InChI=1S/C30H42ClN3O4S/c1-5-27(30(36)32-25-15-7-6-8-16-25)33(21-24-14-9-10-17-26(24)31)29(35)19-12-20-34(39(4,37)38)28-18-11-13-22(2)23(28)3/h9-11,13-14,17-18,25,27H,5-8,12,15-16,19-21H2,1-4H3,(H,32,36). The van der Waals surface area contributed by atoms with Gasteiger partial charge in [-0.1, -0.05) is 68.1 Å². The maximum atomic E-state index is 13.7. The summed E-state index contributed by atoms with van der Waals surface area (Å²) in [4.78, 5) is 28.7. The highest BCUT2D eigenvalue weighted by atomic mass is 35.5. The molecule has 0 bridgehead atoms. The Morgan fingerprint density at radius 2 is 1.74 bits per heavy atom. The predicted octanol–water partition coefficient (Wildman–Crippen LogP) is 5.76. The number of carbonyl (C=O) groups is 2. The number of halogens is 1. The molecule has 9 heteroatoms. The van der Waals surface area contributed by atoms with E-state index in [0.717, 1.165) is 42.4 Å². The second kappa shape index (κ2) is 14.2. The van der Waals surface area contributed by atoms with Gasteiger partial charge in [0.2, 0.25) is 21.8 Å². The number of hydrogen-bond acceptors (Lipinski definition) is 4. The molecular formula is C30H42ClN3O4S. The summed E-state index contributed by atoms with van der Waals surface area (Å²) >= 11 is 6.44. The molecule has 0 heterocycles. The topological polar surface area (TPSA) is 86.8 Å². The van der Waals surface area contributed by atoms with Gasteiger partial charge in [-0.25, -0.2) is 8.42 Å². The quantitative estimate of drug-likeness (QED) is 0.349. The van der Waals surface area contributed by atoms with Crippen LogP contribution in [0.5, 0.6) is 0 Å². The zero-order chi connectivity index (χ0) is 28.6. The molecule has 1 saturated carbocycles. The smallest absolute Gasteiger partial charge is 0.243 e. The minimum atomic E-state index is -3.55. The average molecular weight is 576 g/mol. The zero-order valence-corrected chi connectivity index (χ0v) is 25.2.